The molecule has 0 aliphatic rings. The Balaban J connectivity index is 1.74. The van der Waals surface area contributed by atoms with E-state index in [-0.39, 0.29) is 28.1 Å². The minimum absolute atomic E-state index is 0.0193. The number of aromatic nitrogens is 3. The van der Waals surface area contributed by atoms with E-state index in [1.807, 2.05) is 0 Å². The molecule has 1 atom stereocenters. The van der Waals surface area contributed by atoms with Crippen LogP contribution in [0, 0.1) is 18.4 Å². The molecule has 1 aromatic carbocycles. The van der Waals surface area contributed by atoms with E-state index in [9.17, 15) is 27.0 Å². The van der Waals surface area contributed by atoms with Crippen molar-refractivity contribution < 1.29 is 22.2 Å². The molecule has 0 bridgehead atoms. The van der Waals surface area contributed by atoms with Gasteiger partial charge in [-0.2, -0.15) is 18.4 Å². The zero-order chi connectivity index (χ0) is 29.1. The predicted molar refractivity (Wildman–Crippen MR) is 143 cm³/mol. The highest BCUT2D eigenvalue weighted by molar-refractivity contribution is 7.98. The molecule has 204 valence electrons. The number of benzene rings is 1. The van der Waals surface area contributed by atoms with Crippen molar-refractivity contribution in [1.82, 2.24) is 24.6 Å². The maximum Gasteiger partial charge on any atom is 0.433 e. The van der Waals surface area contributed by atoms with Crippen LogP contribution in [0.15, 0.2) is 83.0 Å². The summed E-state index contributed by atoms with van der Waals surface area (Å²) in [5.41, 5.74) is -0.911. The van der Waals surface area contributed by atoms with E-state index in [1.165, 1.54) is 41.4 Å². The summed E-state index contributed by atoms with van der Waals surface area (Å²) >= 11 is 0. The number of hydrogen-bond donors (Lipinski definition) is 2. The molecule has 0 aliphatic heterocycles. The number of rotatable bonds is 7. The smallest absolute Gasteiger partial charge is 0.348 e. The molecule has 3 aromatic heterocycles. The Morgan fingerprint density at radius 1 is 1.12 bits per heavy atom. The Kier molecular flexibility index (Phi) is 7.74. The van der Waals surface area contributed by atoms with Gasteiger partial charge in [0.05, 0.1) is 14.6 Å². The Labute approximate surface area is 227 Å². The standard InChI is InChI=1S/C27H21F3N6O3S/c1-17-24(19-7-12-33-23(13-19)27(28,29)30)25(37)22(15-36(17)20-8-10-32-11-9-20)26(38)34-14-18-3-5-21(6-4-18)40(2,39)35-16-31/h3-13,15H,2,14H2,1H3,(H,34,38)(H,35,39). The topological polar surface area (TPSA) is 130 Å². The number of amides is 1. The monoisotopic (exact) mass is 566 g/mol. The van der Waals surface area contributed by atoms with Crippen LogP contribution in [0.2, 0.25) is 0 Å². The Morgan fingerprint density at radius 3 is 2.42 bits per heavy atom. The van der Waals surface area contributed by atoms with Gasteiger partial charge in [-0.05, 0) is 60.3 Å². The first kappa shape index (κ1) is 28.1. The van der Waals surface area contributed by atoms with Crippen molar-refractivity contribution in [1.29, 1.82) is 5.26 Å². The lowest BCUT2D eigenvalue weighted by atomic mass is 10.0. The van der Waals surface area contributed by atoms with Crippen molar-refractivity contribution in [3.05, 3.63) is 106 Å². The highest BCUT2D eigenvalue weighted by atomic mass is 32.2. The summed E-state index contributed by atoms with van der Waals surface area (Å²) in [5, 5.41) is 11.4. The first-order chi connectivity index (χ1) is 18.9. The van der Waals surface area contributed by atoms with Crippen LogP contribution in [-0.2, 0) is 22.4 Å². The molecule has 0 fully saturated rings. The SMILES string of the molecule is C=S(=O)(NC#N)c1ccc(CNC(=O)c2cn(-c3ccncc3)c(C)c(-c3ccnc(C(F)(F)F)c3)c2=O)cc1. The van der Waals surface area contributed by atoms with E-state index in [0.717, 1.165) is 12.3 Å². The third-order valence-corrected chi connectivity index (χ3v) is 7.40. The fourth-order valence-corrected chi connectivity index (χ4v) is 4.80. The van der Waals surface area contributed by atoms with Gasteiger partial charge in [-0.25, -0.2) is 8.93 Å². The summed E-state index contributed by atoms with van der Waals surface area (Å²) in [6.07, 6.45) is 2.15. The third kappa shape index (κ3) is 5.87. The van der Waals surface area contributed by atoms with Crippen LogP contribution < -0.4 is 15.5 Å². The van der Waals surface area contributed by atoms with Gasteiger partial charge in [-0.1, -0.05) is 12.1 Å². The van der Waals surface area contributed by atoms with E-state index in [1.54, 1.807) is 37.4 Å². The number of pyridine rings is 3. The molecule has 0 aliphatic carbocycles. The zero-order valence-corrected chi connectivity index (χ0v) is 21.7. The van der Waals surface area contributed by atoms with Gasteiger partial charge in [0.1, 0.15) is 11.3 Å². The van der Waals surface area contributed by atoms with Crippen LogP contribution in [0.25, 0.3) is 16.8 Å². The largest absolute Gasteiger partial charge is 0.433 e. The summed E-state index contributed by atoms with van der Waals surface area (Å²) < 4.78 is 56.2. The van der Waals surface area contributed by atoms with Crippen molar-refractivity contribution in [3.63, 3.8) is 0 Å². The first-order valence-corrected chi connectivity index (χ1v) is 13.3. The molecule has 0 saturated carbocycles. The number of alkyl halides is 3. The average molecular weight is 567 g/mol. The lowest BCUT2D eigenvalue weighted by Crippen LogP contribution is -2.30. The number of nitrogens with one attached hydrogen (secondary N) is 2. The van der Waals surface area contributed by atoms with E-state index >= 15 is 0 Å². The summed E-state index contributed by atoms with van der Waals surface area (Å²) in [6.45, 7) is 1.55. The molecule has 4 aromatic rings. The molecule has 4 rings (SSSR count). The van der Waals surface area contributed by atoms with Crippen LogP contribution in [0.3, 0.4) is 0 Å². The second-order valence-corrected chi connectivity index (χ2v) is 10.6. The summed E-state index contributed by atoms with van der Waals surface area (Å²) in [4.78, 5) is 34.4. The molecule has 0 radical (unpaired) electrons. The summed E-state index contributed by atoms with van der Waals surface area (Å²) in [7, 11) is -3.01. The van der Waals surface area contributed by atoms with Gasteiger partial charge >= 0.3 is 6.18 Å². The maximum atomic E-state index is 13.5. The molecule has 0 spiro atoms. The predicted octanol–water partition coefficient (Wildman–Crippen LogP) is 3.61. The van der Waals surface area contributed by atoms with Gasteiger partial charge in [0.15, 0.2) is 6.19 Å². The molecule has 40 heavy (non-hydrogen) atoms. The molecule has 1 amide bonds. The van der Waals surface area contributed by atoms with Gasteiger partial charge in [0.2, 0.25) is 5.43 Å². The quantitative estimate of drug-likeness (QED) is 0.200. The minimum atomic E-state index is -4.73. The Bertz CT molecular complexity index is 1780. The second kappa shape index (κ2) is 11.0. The van der Waals surface area contributed by atoms with Gasteiger partial charge in [0.25, 0.3) is 5.91 Å². The Morgan fingerprint density at radius 2 is 1.80 bits per heavy atom. The second-order valence-electron chi connectivity index (χ2n) is 8.55. The van der Waals surface area contributed by atoms with Crippen LogP contribution in [0.4, 0.5) is 13.2 Å². The fourth-order valence-electron chi connectivity index (χ4n) is 3.96. The van der Waals surface area contributed by atoms with E-state index in [4.69, 9.17) is 5.26 Å². The van der Waals surface area contributed by atoms with Crippen molar-refractivity contribution >= 4 is 21.5 Å². The lowest BCUT2D eigenvalue weighted by molar-refractivity contribution is -0.141. The first-order valence-electron chi connectivity index (χ1n) is 11.5. The van der Waals surface area contributed by atoms with Crippen LogP contribution in [-0.4, -0.2) is 30.5 Å². The summed E-state index contributed by atoms with van der Waals surface area (Å²) in [5.74, 6) is 2.74. The summed E-state index contributed by atoms with van der Waals surface area (Å²) in [6, 6.07) is 11.4. The molecule has 3 heterocycles. The maximum absolute atomic E-state index is 13.5. The van der Waals surface area contributed by atoms with Crippen molar-refractivity contribution in [3.8, 4) is 23.0 Å². The molecule has 0 saturated heterocycles. The van der Waals surface area contributed by atoms with Gasteiger partial charge in [0, 0.05) is 48.3 Å². The molecule has 2 N–H and O–H groups in total. The van der Waals surface area contributed by atoms with Gasteiger partial charge in [-0.15, -0.1) is 0 Å². The van der Waals surface area contributed by atoms with E-state index < -0.39 is 32.9 Å². The van der Waals surface area contributed by atoms with Gasteiger partial charge < -0.3 is 9.88 Å². The number of carbonyl (C=O) groups is 1. The fraction of sp³-hybridized carbons (Fsp3) is 0.111. The molecular formula is C27H21F3N6O3S. The third-order valence-electron chi connectivity index (χ3n) is 5.95. The number of hydrogen-bond acceptors (Lipinski definition) is 6. The van der Waals surface area contributed by atoms with E-state index in [0.29, 0.717) is 16.9 Å². The van der Waals surface area contributed by atoms with Crippen LogP contribution in [0.5, 0.6) is 0 Å². The van der Waals surface area contributed by atoms with Crippen molar-refractivity contribution in [2.75, 3.05) is 0 Å². The van der Waals surface area contributed by atoms with Gasteiger partial charge in [-0.3, -0.25) is 19.6 Å². The normalized spacial score (nSPS) is 12.7. The molecule has 9 nitrogen and oxygen atoms in total. The van der Waals surface area contributed by atoms with Crippen LogP contribution >= 0.6 is 0 Å². The lowest BCUT2D eigenvalue weighted by Gasteiger charge is -2.18. The zero-order valence-electron chi connectivity index (χ0n) is 20.9. The van der Waals surface area contributed by atoms with Crippen molar-refractivity contribution in [2.24, 2.45) is 0 Å². The number of halogens is 3. The molecular weight excluding hydrogens is 545 g/mol. The average Bonchev–Trinajstić information content (AvgIpc) is 2.92. The molecule has 1 unspecified atom stereocenters. The highest BCUT2D eigenvalue weighted by Crippen LogP contribution is 2.31. The highest BCUT2D eigenvalue weighted by Gasteiger charge is 2.33. The molecule has 13 heteroatoms. The number of carbonyl (C=O) groups excluding carboxylic acids is 1. The number of nitriles is 1. The van der Waals surface area contributed by atoms with E-state index in [2.05, 4.69) is 25.9 Å². The Hall–Kier alpha value is -4.96. The van der Waals surface area contributed by atoms with Crippen molar-refractivity contribution in [2.45, 2.75) is 24.5 Å². The van der Waals surface area contributed by atoms with Crippen LogP contribution in [0.1, 0.15) is 27.3 Å². The minimum Gasteiger partial charge on any atom is -0.348 e. The number of nitrogens with zero attached hydrogens (tertiary/aromatic N) is 4.